The standard InChI is InChI=1S/C21H32N6O2/c1-6-29-18-11-15(7-9-17(18)28-5)12-23-21(22-4)24-16-8-10-19-25-20(14(2)3)26-27(19)13-16/h7,9,11,14,16H,6,8,10,12-13H2,1-5H3,(H2,22,23,24). The SMILES string of the molecule is CCOc1cc(CNC(=NC)NC2CCc3nc(C(C)C)nn3C2)ccc1OC. The molecule has 29 heavy (non-hydrogen) atoms. The number of nitrogens with zero attached hydrogens (tertiary/aromatic N) is 4. The summed E-state index contributed by atoms with van der Waals surface area (Å²) in [5.74, 6) is 4.62. The van der Waals surface area contributed by atoms with Gasteiger partial charge in [-0.2, -0.15) is 5.10 Å². The number of aromatic nitrogens is 3. The highest BCUT2D eigenvalue weighted by Crippen LogP contribution is 2.28. The number of hydrogen-bond acceptors (Lipinski definition) is 5. The van der Waals surface area contributed by atoms with Gasteiger partial charge in [0.1, 0.15) is 5.82 Å². The fourth-order valence-corrected chi connectivity index (χ4v) is 3.36. The molecule has 1 aromatic carbocycles. The third kappa shape index (κ3) is 5.19. The van der Waals surface area contributed by atoms with Crippen LogP contribution in [0.25, 0.3) is 0 Å². The third-order valence-electron chi connectivity index (χ3n) is 4.94. The summed E-state index contributed by atoms with van der Waals surface area (Å²) in [6.07, 6.45) is 1.93. The lowest BCUT2D eigenvalue weighted by Crippen LogP contribution is -2.46. The van der Waals surface area contributed by atoms with E-state index in [2.05, 4.69) is 39.6 Å². The summed E-state index contributed by atoms with van der Waals surface area (Å²) in [4.78, 5) is 9.03. The van der Waals surface area contributed by atoms with Gasteiger partial charge in [-0.1, -0.05) is 19.9 Å². The maximum Gasteiger partial charge on any atom is 0.191 e. The van der Waals surface area contributed by atoms with Gasteiger partial charge in [0.15, 0.2) is 23.3 Å². The second kappa shape index (κ2) is 9.62. The molecule has 0 spiro atoms. The number of benzene rings is 1. The Morgan fingerprint density at radius 2 is 2.17 bits per heavy atom. The van der Waals surface area contributed by atoms with Crippen LogP contribution in [0.5, 0.6) is 11.5 Å². The van der Waals surface area contributed by atoms with Crippen LogP contribution in [-0.2, 0) is 19.5 Å². The van der Waals surface area contributed by atoms with Gasteiger partial charge in [0.2, 0.25) is 0 Å². The normalized spacial score (nSPS) is 16.5. The van der Waals surface area contributed by atoms with Crippen LogP contribution in [0.4, 0.5) is 0 Å². The monoisotopic (exact) mass is 400 g/mol. The van der Waals surface area contributed by atoms with E-state index in [9.17, 15) is 0 Å². The van der Waals surface area contributed by atoms with Crippen LogP contribution in [0.2, 0.25) is 0 Å². The lowest BCUT2D eigenvalue weighted by atomic mass is 10.1. The Hall–Kier alpha value is -2.77. The van der Waals surface area contributed by atoms with Crippen LogP contribution in [0, 0.1) is 0 Å². The quantitative estimate of drug-likeness (QED) is 0.549. The second-order valence-electron chi connectivity index (χ2n) is 7.45. The highest BCUT2D eigenvalue weighted by molar-refractivity contribution is 5.80. The summed E-state index contributed by atoms with van der Waals surface area (Å²) >= 11 is 0. The van der Waals surface area contributed by atoms with E-state index in [1.54, 1.807) is 14.2 Å². The molecule has 0 saturated heterocycles. The molecule has 0 saturated carbocycles. The molecule has 8 heteroatoms. The predicted molar refractivity (Wildman–Crippen MR) is 114 cm³/mol. The number of aliphatic imine (C=N–C) groups is 1. The zero-order valence-corrected chi connectivity index (χ0v) is 18.0. The molecule has 1 atom stereocenters. The van der Waals surface area contributed by atoms with Crippen molar-refractivity contribution in [2.75, 3.05) is 20.8 Å². The zero-order valence-electron chi connectivity index (χ0n) is 18.0. The molecule has 0 aliphatic carbocycles. The number of ether oxygens (including phenoxy) is 2. The van der Waals surface area contributed by atoms with E-state index >= 15 is 0 Å². The van der Waals surface area contributed by atoms with Crippen LogP contribution in [0.3, 0.4) is 0 Å². The molecule has 0 amide bonds. The summed E-state index contributed by atoms with van der Waals surface area (Å²) in [5, 5.41) is 11.5. The zero-order chi connectivity index (χ0) is 20.8. The van der Waals surface area contributed by atoms with E-state index in [1.807, 2.05) is 29.8 Å². The van der Waals surface area contributed by atoms with Crippen molar-refractivity contribution in [3.8, 4) is 11.5 Å². The molecule has 1 unspecified atom stereocenters. The van der Waals surface area contributed by atoms with Crippen LogP contribution < -0.4 is 20.1 Å². The molecule has 8 nitrogen and oxygen atoms in total. The topological polar surface area (TPSA) is 85.6 Å². The molecule has 2 aromatic rings. The molecule has 0 radical (unpaired) electrons. The van der Waals surface area contributed by atoms with Gasteiger partial charge >= 0.3 is 0 Å². The van der Waals surface area contributed by atoms with Crippen molar-refractivity contribution < 1.29 is 9.47 Å². The maximum absolute atomic E-state index is 5.66. The van der Waals surface area contributed by atoms with Crippen LogP contribution in [-0.4, -0.2) is 47.5 Å². The Morgan fingerprint density at radius 3 is 2.86 bits per heavy atom. The first-order valence-electron chi connectivity index (χ1n) is 10.2. The Kier molecular flexibility index (Phi) is 6.95. The van der Waals surface area contributed by atoms with Gasteiger partial charge in [-0.05, 0) is 31.0 Å². The first-order valence-corrected chi connectivity index (χ1v) is 10.2. The third-order valence-corrected chi connectivity index (χ3v) is 4.94. The number of nitrogens with one attached hydrogen (secondary N) is 2. The van der Waals surface area contributed by atoms with Crippen molar-refractivity contribution in [3.63, 3.8) is 0 Å². The second-order valence-corrected chi connectivity index (χ2v) is 7.45. The van der Waals surface area contributed by atoms with E-state index in [1.165, 1.54) is 0 Å². The van der Waals surface area contributed by atoms with Gasteiger partial charge in [-0.3, -0.25) is 4.99 Å². The van der Waals surface area contributed by atoms with Crippen LogP contribution in [0.15, 0.2) is 23.2 Å². The summed E-state index contributed by atoms with van der Waals surface area (Å²) in [6, 6.07) is 6.22. The van der Waals surface area contributed by atoms with E-state index in [0.717, 1.165) is 54.1 Å². The Bertz CT molecular complexity index is 846. The van der Waals surface area contributed by atoms with Gasteiger partial charge in [-0.25, -0.2) is 9.67 Å². The summed E-state index contributed by atoms with van der Waals surface area (Å²) < 4.78 is 13.0. The van der Waals surface area contributed by atoms with Crippen molar-refractivity contribution in [1.29, 1.82) is 0 Å². The smallest absolute Gasteiger partial charge is 0.191 e. The van der Waals surface area contributed by atoms with E-state index in [-0.39, 0.29) is 6.04 Å². The van der Waals surface area contributed by atoms with Crippen molar-refractivity contribution in [2.45, 2.75) is 58.7 Å². The minimum atomic E-state index is 0.269. The van der Waals surface area contributed by atoms with Crippen molar-refractivity contribution in [2.24, 2.45) is 4.99 Å². The molecule has 1 aromatic heterocycles. The summed E-state index contributed by atoms with van der Waals surface area (Å²) in [5.41, 5.74) is 1.10. The molecule has 2 heterocycles. The van der Waals surface area contributed by atoms with Gasteiger partial charge in [0.25, 0.3) is 0 Å². The highest BCUT2D eigenvalue weighted by atomic mass is 16.5. The molecule has 0 bridgehead atoms. The van der Waals surface area contributed by atoms with Gasteiger partial charge in [-0.15, -0.1) is 0 Å². The molecule has 3 rings (SSSR count). The predicted octanol–water partition coefficient (Wildman–Crippen LogP) is 2.49. The number of rotatable bonds is 7. The molecule has 0 fully saturated rings. The summed E-state index contributed by atoms with van der Waals surface area (Å²) in [6.45, 7) is 8.25. The molecule has 2 N–H and O–H groups in total. The number of fused-ring (bicyclic) bond motifs is 1. The van der Waals surface area contributed by atoms with Crippen molar-refractivity contribution in [3.05, 3.63) is 35.4 Å². The van der Waals surface area contributed by atoms with Crippen molar-refractivity contribution >= 4 is 5.96 Å². The van der Waals surface area contributed by atoms with Crippen LogP contribution >= 0.6 is 0 Å². The Morgan fingerprint density at radius 1 is 1.34 bits per heavy atom. The van der Waals surface area contributed by atoms with Gasteiger partial charge < -0.3 is 20.1 Å². The van der Waals surface area contributed by atoms with Crippen molar-refractivity contribution in [1.82, 2.24) is 25.4 Å². The number of methoxy groups -OCH3 is 1. The Balaban J connectivity index is 1.58. The average molecular weight is 401 g/mol. The van der Waals surface area contributed by atoms with Crippen LogP contribution in [0.1, 0.15) is 50.3 Å². The Labute approximate surface area is 172 Å². The number of hydrogen-bond donors (Lipinski definition) is 2. The molecular formula is C21H32N6O2. The molecule has 1 aliphatic heterocycles. The van der Waals surface area contributed by atoms with Gasteiger partial charge in [0, 0.05) is 32.0 Å². The maximum atomic E-state index is 5.66. The fraction of sp³-hybridized carbons (Fsp3) is 0.571. The lowest BCUT2D eigenvalue weighted by Gasteiger charge is -2.25. The number of guanidine groups is 1. The number of aryl methyl sites for hydroxylation is 1. The van der Waals surface area contributed by atoms with E-state index in [0.29, 0.717) is 19.1 Å². The largest absolute Gasteiger partial charge is 0.493 e. The molecular weight excluding hydrogens is 368 g/mol. The molecule has 1 aliphatic rings. The first-order chi connectivity index (χ1) is 14.0. The first kappa shape index (κ1) is 21.0. The lowest BCUT2D eigenvalue weighted by molar-refractivity contribution is 0.310. The molecule has 158 valence electrons. The van der Waals surface area contributed by atoms with E-state index in [4.69, 9.17) is 9.47 Å². The fourth-order valence-electron chi connectivity index (χ4n) is 3.36. The minimum Gasteiger partial charge on any atom is -0.493 e. The van der Waals surface area contributed by atoms with Gasteiger partial charge in [0.05, 0.1) is 20.3 Å². The van der Waals surface area contributed by atoms with E-state index < -0.39 is 0 Å². The highest BCUT2D eigenvalue weighted by Gasteiger charge is 2.23. The summed E-state index contributed by atoms with van der Waals surface area (Å²) in [7, 11) is 3.44. The minimum absolute atomic E-state index is 0.269. The average Bonchev–Trinajstić information content (AvgIpc) is 3.15.